The van der Waals surface area contributed by atoms with E-state index in [0.29, 0.717) is 18.8 Å². The molecule has 158 valence electrons. The van der Waals surface area contributed by atoms with Crippen molar-refractivity contribution in [1.29, 1.82) is 0 Å². The van der Waals surface area contributed by atoms with E-state index in [4.69, 9.17) is 14.2 Å². The Morgan fingerprint density at radius 2 is 1.72 bits per heavy atom. The molecular formula is C19H24N2O7S. The van der Waals surface area contributed by atoms with Crippen molar-refractivity contribution < 1.29 is 32.2 Å². The summed E-state index contributed by atoms with van der Waals surface area (Å²) in [6.45, 7) is 3.86. The Kier molecular flexibility index (Phi) is 5.85. The number of sulfonamides is 1. The van der Waals surface area contributed by atoms with Crippen molar-refractivity contribution in [2.45, 2.75) is 43.8 Å². The average molecular weight is 424 g/mol. The van der Waals surface area contributed by atoms with Gasteiger partial charge in [0, 0.05) is 33.1 Å². The van der Waals surface area contributed by atoms with E-state index in [1.165, 1.54) is 43.5 Å². The number of esters is 2. The third-order valence-electron chi connectivity index (χ3n) is 4.61. The van der Waals surface area contributed by atoms with Gasteiger partial charge in [-0.05, 0) is 31.0 Å². The van der Waals surface area contributed by atoms with Crippen molar-refractivity contribution in [3.8, 4) is 5.75 Å². The molecule has 0 bridgehead atoms. The van der Waals surface area contributed by atoms with Gasteiger partial charge in [0.05, 0.1) is 17.7 Å². The van der Waals surface area contributed by atoms with Crippen LogP contribution in [0.15, 0.2) is 34.9 Å². The number of piperidine rings is 1. The highest BCUT2D eigenvalue weighted by Crippen LogP contribution is 2.31. The number of nitrogens with one attached hydrogen (secondary N) is 1. The zero-order chi connectivity index (χ0) is 21.2. The van der Waals surface area contributed by atoms with Crippen molar-refractivity contribution >= 4 is 27.6 Å². The first-order valence-corrected chi connectivity index (χ1v) is 10.7. The lowest BCUT2D eigenvalue weighted by molar-refractivity contribution is -0.222. The van der Waals surface area contributed by atoms with E-state index in [1.54, 1.807) is 0 Å². The first-order valence-electron chi connectivity index (χ1n) is 9.25. The molecule has 2 aliphatic rings. The van der Waals surface area contributed by atoms with Gasteiger partial charge in [-0.3, -0.25) is 0 Å². The molecule has 1 N–H and O–H groups in total. The first kappa shape index (κ1) is 21.1. The number of ether oxygens (including phenoxy) is 3. The second-order valence-corrected chi connectivity index (χ2v) is 9.15. The highest BCUT2D eigenvalue weighted by Gasteiger charge is 2.39. The number of nitrogens with zero attached hydrogens (tertiary/aromatic N) is 1. The van der Waals surface area contributed by atoms with E-state index in [9.17, 15) is 18.0 Å². The monoisotopic (exact) mass is 424 g/mol. The van der Waals surface area contributed by atoms with Crippen LogP contribution in [0.1, 0.15) is 33.1 Å². The molecule has 2 heterocycles. The Balaban J connectivity index is 1.88. The van der Waals surface area contributed by atoms with Gasteiger partial charge in [-0.15, -0.1) is 0 Å². The van der Waals surface area contributed by atoms with Gasteiger partial charge in [0.15, 0.2) is 5.57 Å². The predicted molar refractivity (Wildman–Crippen MR) is 104 cm³/mol. The lowest BCUT2D eigenvalue weighted by atomic mass is 10.2. The fourth-order valence-corrected chi connectivity index (χ4v) is 4.69. The average Bonchev–Trinajstić information content (AvgIpc) is 2.67. The van der Waals surface area contributed by atoms with E-state index in [0.717, 1.165) is 25.5 Å². The minimum atomic E-state index is -3.66. The molecule has 0 amide bonds. The van der Waals surface area contributed by atoms with Crippen LogP contribution < -0.4 is 10.1 Å². The Bertz CT molecular complexity index is 925. The van der Waals surface area contributed by atoms with E-state index >= 15 is 0 Å². The normalized spacial score (nSPS) is 19.9. The van der Waals surface area contributed by atoms with Crippen LogP contribution >= 0.6 is 0 Å². The predicted octanol–water partition coefficient (Wildman–Crippen LogP) is 2.00. The molecule has 0 unspecified atom stereocenters. The van der Waals surface area contributed by atoms with Gasteiger partial charge in [0.2, 0.25) is 10.0 Å². The van der Waals surface area contributed by atoms with Gasteiger partial charge < -0.3 is 19.5 Å². The maximum absolute atomic E-state index is 12.9. The summed E-state index contributed by atoms with van der Waals surface area (Å²) in [4.78, 5) is 24.2. The Morgan fingerprint density at radius 1 is 1.10 bits per heavy atom. The third-order valence-corrected chi connectivity index (χ3v) is 6.51. The molecule has 1 aromatic rings. The van der Waals surface area contributed by atoms with Crippen LogP contribution in [0.2, 0.25) is 0 Å². The zero-order valence-corrected chi connectivity index (χ0v) is 17.4. The van der Waals surface area contributed by atoms with Crippen LogP contribution in [0, 0.1) is 0 Å². The molecule has 10 heteroatoms. The Hall–Kier alpha value is -2.59. The number of cyclic esters (lactones) is 2. The van der Waals surface area contributed by atoms with Crippen molar-refractivity contribution in [2.24, 2.45) is 0 Å². The summed E-state index contributed by atoms with van der Waals surface area (Å²) in [5.74, 6) is -2.67. The molecule has 0 aromatic heterocycles. The molecule has 1 aromatic carbocycles. The number of carbonyl (C=O) groups excluding carboxylic acids is 2. The van der Waals surface area contributed by atoms with Crippen LogP contribution in [0.5, 0.6) is 5.75 Å². The lowest BCUT2D eigenvalue weighted by Gasteiger charge is -2.29. The highest BCUT2D eigenvalue weighted by molar-refractivity contribution is 7.89. The second kappa shape index (κ2) is 8.03. The molecule has 2 saturated heterocycles. The number of hydrogen-bond donors (Lipinski definition) is 1. The summed E-state index contributed by atoms with van der Waals surface area (Å²) in [6.07, 6.45) is 3.79. The molecule has 0 aliphatic carbocycles. The van der Waals surface area contributed by atoms with Gasteiger partial charge in [0.25, 0.3) is 5.79 Å². The Labute approximate surface area is 169 Å². The summed E-state index contributed by atoms with van der Waals surface area (Å²) >= 11 is 0. The molecule has 0 radical (unpaired) electrons. The van der Waals surface area contributed by atoms with Gasteiger partial charge in [-0.2, -0.15) is 4.31 Å². The van der Waals surface area contributed by atoms with Crippen LogP contribution in [0.4, 0.5) is 5.69 Å². The van der Waals surface area contributed by atoms with Crippen LogP contribution in [-0.4, -0.2) is 50.6 Å². The minimum Gasteiger partial charge on any atom is -0.495 e. The number of methoxy groups -OCH3 is 1. The summed E-state index contributed by atoms with van der Waals surface area (Å²) in [6, 6.07) is 4.38. The van der Waals surface area contributed by atoms with Crippen molar-refractivity contribution in [2.75, 3.05) is 25.5 Å². The van der Waals surface area contributed by atoms with Crippen molar-refractivity contribution in [3.63, 3.8) is 0 Å². The highest BCUT2D eigenvalue weighted by atomic mass is 32.2. The van der Waals surface area contributed by atoms with Crippen LogP contribution in [0.3, 0.4) is 0 Å². The standard InChI is InChI=1S/C19H24N2O7S/c1-19(2)27-17(22)14(18(23)28-19)12-20-15-11-13(7-8-16(15)26-3)29(24,25)21-9-5-4-6-10-21/h7-8,11-12,20H,4-6,9-10H2,1-3H3. The number of rotatable bonds is 5. The van der Waals surface area contributed by atoms with Crippen LogP contribution in [-0.2, 0) is 29.1 Å². The Morgan fingerprint density at radius 3 is 2.31 bits per heavy atom. The molecule has 2 fully saturated rings. The fourth-order valence-electron chi connectivity index (χ4n) is 3.14. The summed E-state index contributed by atoms with van der Waals surface area (Å²) in [5, 5.41) is 2.77. The molecule has 2 aliphatic heterocycles. The number of anilines is 1. The van der Waals surface area contributed by atoms with E-state index in [2.05, 4.69) is 5.32 Å². The van der Waals surface area contributed by atoms with E-state index < -0.39 is 27.7 Å². The van der Waals surface area contributed by atoms with Gasteiger partial charge >= 0.3 is 11.9 Å². The van der Waals surface area contributed by atoms with E-state index in [1.807, 2.05) is 0 Å². The molecular weight excluding hydrogens is 400 g/mol. The van der Waals surface area contributed by atoms with Crippen molar-refractivity contribution in [1.82, 2.24) is 4.31 Å². The lowest BCUT2D eigenvalue weighted by Crippen LogP contribution is -2.42. The van der Waals surface area contributed by atoms with Gasteiger partial charge in [-0.1, -0.05) is 6.42 Å². The van der Waals surface area contributed by atoms with Crippen LogP contribution in [0.25, 0.3) is 0 Å². The van der Waals surface area contributed by atoms with Gasteiger partial charge in [-0.25, -0.2) is 18.0 Å². The second-order valence-electron chi connectivity index (χ2n) is 7.21. The van der Waals surface area contributed by atoms with Crippen molar-refractivity contribution in [3.05, 3.63) is 30.0 Å². The number of hydrogen-bond acceptors (Lipinski definition) is 8. The minimum absolute atomic E-state index is 0.0935. The maximum Gasteiger partial charge on any atom is 0.350 e. The molecule has 0 atom stereocenters. The first-order chi connectivity index (χ1) is 13.6. The quantitative estimate of drug-likeness (QED) is 0.434. The zero-order valence-electron chi connectivity index (χ0n) is 16.6. The summed E-state index contributed by atoms with van der Waals surface area (Å²) < 4.78 is 42.6. The fraction of sp³-hybridized carbons (Fsp3) is 0.474. The largest absolute Gasteiger partial charge is 0.495 e. The van der Waals surface area contributed by atoms with Gasteiger partial charge in [0.1, 0.15) is 5.75 Å². The maximum atomic E-state index is 12.9. The SMILES string of the molecule is COc1ccc(S(=O)(=O)N2CCCCC2)cc1NC=C1C(=O)OC(C)(C)OC1=O. The molecule has 0 saturated carbocycles. The topological polar surface area (TPSA) is 111 Å². The summed E-state index contributed by atoms with van der Waals surface area (Å²) in [7, 11) is -2.23. The molecule has 0 spiro atoms. The number of benzene rings is 1. The molecule has 29 heavy (non-hydrogen) atoms. The number of carbonyl (C=O) groups is 2. The molecule has 9 nitrogen and oxygen atoms in total. The summed E-state index contributed by atoms with van der Waals surface area (Å²) in [5.41, 5.74) is -0.0563. The smallest absolute Gasteiger partial charge is 0.350 e. The van der Waals surface area contributed by atoms with E-state index in [-0.39, 0.29) is 16.2 Å². The third kappa shape index (κ3) is 4.54. The molecule has 3 rings (SSSR count).